The van der Waals surface area contributed by atoms with Gasteiger partial charge in [0, 0.05) is 19.4 Å². The Kier molecular flexibility index (Phi) is 6.36. The summed E-state index contributed by atoms with van der Waals surface area (Å²) in [5, 5.41) is 0. The molecule has 0 radical (unpaired) electrons. The first-order valence-electron chi connectivity index (χ1n) is 5.51. The molecule has 0 aliphatic rings. The molecule has 0 saturated carbocycles. The molecule has 80 valence electrons. The molecule has 1 nitrogen and oxygen atoms in total. The number of hydrogen-bond donors (Lipinski definition) is 0. The van der Waals surface area contributed by atoms with Crippen LogP contribution in [0.5, 0.6) is 0 Å². The van der Waals surface area contributed by atoms with Crippen LogP contribution < -0.4 is 0 Å². The Hall–Kier alpha value is -1.26. The lowest BCUT2D eigenvalue weighted by Crippen LogP contribution is -1.94. The molecule has 0 N–H and O–H groups in total. The van der Waals surface area contributed by atoms with Gasteiger partial charge >= 0.3 is 0 Å². The minimum absolute atomic E-state index is 0.710. The summed E-state index contributed by atoms with van der Waals surface area (Å²) in [7, 11) is 0. The molecule has 1 aromatic rings. The van der Waals surface area contributed by atoms with Crippen LogP contribution in [-0.2, 0) is 11.3 Å². The Morgan fingerprint density at radius 2 is 1.93 bits per heavy atom. The lowest BCUT2D eigenvalue weighted by Gasteiger charge is -2.02. The zero-order chi connectivity index (χ0) is 10.8. The van der Waals surface area contributed by atoms with Crippen molar-refractivity contribution >= 4 is 0 Å². The molecular weight excluding hydrogens is 184 g/mol. The summed E-state index contributed by atoms with van der Waals surface area (Å²) in [5.41, 5.74) is 1.23. The zero-order valence-corrected chi connectivity index (χ0v) is 9.33. The lowest BCUT2D eigenvalue weighted by atomic mass is 10.2. The standard InChI is InChI=1S/C14H18O/c1-2-3-4-5-9-12-15-13-14-10-7-6-8-11-14/h6-8,10-11H,2,5,9,12-13H2,1H3. The van der Waals surface area contributed by atoms with Crippen molar-refractivity contribution in [3.05, 3.63) is 35.9 Å². The fourth-order valence-corrected chi connectivity index (χ4v) is 1.24. The highest BCUT2D eigenvalue weighted by atomic mass is 16.5. The van der Waals surface area contributed by atoms with Crippen LogP contribution in [0.1, 0.15) is 31.7 Å². The zero-order valence-electron chi connectivity index (χ0n) is 9.33. The monoisotopic (exact) mass is 202 g/mol. The maximum Gasteiger partial charge on any atom is 0.0716 e. The van der Waals surface area contributed by atoms with Crippen LogP contribution in [0.2, 0.25) is 0 Å². The minimum atomic E-state index is 0.710. The number of unbranched alkanes of at least 4 members (excludes halogenated alkanes) is 1. The first-order valence-corrected chi connectivity index (χ1v) is 5.51. The fourth-order valence-electron chi connectivity index (χ4n) is 1.24. The highest BCUT2D eigenvalue weighted by molar-refractivity contribution is 5.13. The lowest BCUT2D eigenvalue weighted by molar-refractivity contribution is 0.119. The van der Waals surface area contributed by atoms with Gasteiger partial charge in [0.05, 0.1) is 6.61 Å². The van der Waals surface area contributed by atoms with Gasteiger partial charge in [-0.25, -0.2) is 0 Å². The molecule has 0 aliphatic heterocycles. The molecule has 0 saturated heterocycles. The second-order valence-electron chi connectivity index (χ2n) is 3.35. The number of benzene rings is 1. The summed E-state index contributed by atoms with van der Waals surface area (Å²) < 4.78 is 5.53. The Balaban J connectivity index is 2.03. The van der Waals surface area contributed by atoms with E-state index in [1.165, 1.54) is 5.56 Å². The van der Waals surface area contributed by atoms with E-state index in [-0.39, 0.29) is 0 Å². The topological polar surface area (TPSA) is 9.23 Å². The normalized spacial score (nSPS) is 9.40. The Bertz CT molecular complexity index is 305. The summed E-state index contributed by atoms with van der Waals surface area (Å²) in [5.74, 6) is 6.16. The summed E-state index contributed by atoms with van der Waals surface area (Å²) in [6, 6.07) is 10.2. The van der Waals surface area contributed by atoms with Crippen LogP contribution in [0, 0.1) is 11.8 Å². The smallest absolute Gasteiger partial charge is 0.0716 e. The van der Waals surface area contributed by atoms with E-state index in [0.29, 0.717) is 6.61 Å². The molecule has 1 rings (SSSR count). The third-order valence-corrected chi connectivity index (χ3v) is 2.00. The summed E-state index contributed by atoms with van der Waals surface area (Å²) in [6.45, 7) is 3.58. The van der Waals surface area contributed by atoms with Crippen LogP contribution in [0.4, 0.5) is 0 Å². The second-order valence-corrected chi connectivity index (χ2v) is 3.35. The van der Waals surface area contributed by atoms with Crippen molar-refractivity contribution in [2.75, 3.05) is 6.61 Å². The van der Waals surface area contributed by atoms with Gasteiger partial charge in [0.1, 0.15) is 0 Å². The second kappa shape index (κ2) is 8.08. The van der Waals surface area contributed by atoms with Crippen molar-refractivity contribution < 1.29 is 4.74 Å². The van der Waals surface area contributed by atoms with E-state index in [1.54, 1.807) is 0 Å². The molecular formula is C14H18O. The van der Waals surface area contributed by atoms with Gasteiger partial charge in [-0.05, 0) is 12.0 Å². The van der Waals surface area contributed by atoms with Gasteiger partial charge in [-0.2, -0.15) is 0 Å². The van der Waals surface area contributed by atoms with E-state index in [4.69, 9.17) is 4.74 Å². The first-order chi connectivity index (χ1) is 7.43. The van der Waals surface area contributed by atoms with Crippen molar-refractivity contribution in [2.24, 2.45) is 0 Å². The van der Waals surface area contributed by atoms with Crippen LogP contribution in [0.3, 0.4) is 0 Å². The van der Waals surface area contributed by atoms with Gasteiger partial charge in [0.25, 0.3) is 0 Å². The van der Waals surface area contributed by atoms with Crippen LogP contribution in [0.25, 0.3) is 0 Å². The van der Waals surface area contributed by atoms with Gasteiger partial charge in [0.15, 0.2) is 0 Å². The van der Waals surface area contributed by atoms with Crippen molar-refractivity contribution in [1.82, 2.24) is 0 Å². The molecule has 0 amide bonds. The molecule has 0 unspecified atom stereocenters. The van der Waals surface area contributed by atoms with Crippen molar-refractivity contribution in [3.63, 3.8) is 0 Å². The Morgan fingerprint density at radius 3 is 2.67 bits per heavy atom. The molecule has 1 aromatic carbocycles. The van der Waals surface area contributed by atoms with Crippen molar-refractivity contribution in [3.8, 4) is 11.8 Å². The number of rotatable bonds is 5. The van der Waals surface area contributed by atoms with E-state index in [2.05, 4.69) is 30.9 Å². The average Bonchev–Trinajstić information content (AvgIpc) is 2.29. The van der Waals surface area contributed by atoms with Gasteiger partial charge < -0.3 is 4.74 Å². The average molecular weight is 202 g/mol. The molecule has 0 aliphatic carbocycles. The van der Waals surface area contributed by atoms with Crippen LogP contribution in [-0.4, -0.2) is 6.61 Å². The predicted molar refractivity (Wildman–Crippen MR) is 63.4 cm³/mol. The van der Waals surface area contributed by atoms with Crippen molar-refractivity contribution in [2.45, 2.75) is 32.8 Å². The summed E-state index contributed by atoms with van der Waals surface area (Å²) in [6.07, 6.45) is 2.92. The van der Waals surface area contributed by atoms with E-state index in [1.807, 2.05) is 18.2 Å². The molecule has 15 heavy (non-hydrogen) atoms. The number of ether oxygens (including phenoxy) is 1. The van der Waals surface area contributed by atoms with E-state index in [9.17, 15) is 0 Å². The van der Waals surface area contributed by atoms with E-state index in [0.717, 1.165) is 25.9 Å². The molecule has 0 heterocycles. The number of hydrogen-bond acceptors (Lipinski definition) is 1. The largest absolute Gasteiger partial charge is 0.377 e. The summed E-state index contributed by atoms with van der Waals surface area (Å²) >= 11 is 0. The fraction of sp³-hybridized carbons (Fsp3) is 0.429. The third-order valence-electron chi connectivity index (χ3n) is 2.00. The Labute approximate surface area is 92.5 Å². The Morgan fingerprint density at radius 1 is 1.13 bits per heavy atom. The summed E-state index contributed by atoms with van der Waals surface area (Å²) in [4.78, 5) is 0. The SMILES string of the molecule is CCC#CCCCOCc1ccccc1. The highest BCUT2D eigenvalue weighted by Gasteiger charge is 1.90. The minimum Gasteiger partial charge on any atom is -0.377 e. The predicted octanol–water partition coefficient (Wildman–Crippen LogP) is 3.40. The molecule has 0 atom stereocenters. The maximum absolute atomic E-state index is 5.53. The van der Waals surface area contributed by atoms with Gasteiger partial charge in [0.2, 0.25) is 0 Å². The van der Waals surface area contributed by atoms with E-state index >= 15 is 0 Å². The van der Waals surface area contributed by atoms with Crippen LogP contribution >= 0.6 is 0 Å². The van der Waals surface area contributed by atoms with Gasteiger partial charge in [-0.3, -0.25) is 0 Å². The van der Waals surface area contributed by atoms with Crippen molar-refractivity contribution in [1.29, 1.82) is 0 Å². The molecule has 0 spiro atoms. The van der Waals surface area contributed by atoms with Crippen LogP contribution in [0.15, 0.2) is 30.3 Å². The van der Waals surface area contributed by atoms with Gasteiger partial charge in [-0.15, -0.1) is 11.8 Å². The highest BCUT2D eigenvalue weighted by Crippen LogP contribution is 2.01. The third kappa shape index (κ3) is 5.93. The van der Waals surface area contributed by atoms with Gasteiger partial charge in [-0.1, -0.05) is 37.3 Å². The molecule has 0 bridgehead atoms. The maximum atomic E-state index is 5.53. The van der Waals surface area contributed by atoms with E-state index < -0.39 is 0 Å². The molecule has 0 aromatic heterocycles. The molecule has 1 heteroatoms. The molecule has 0 fully saturated rings. The first kappa shape index (κ1) is 11.8. The quantitative estimate of drug-likeness (QED) is 0.525.